The molecule has 0 aromatic heterocycles. The normalized spacial score (nSPS) is 10.5. The molecule has 0 aliphatic carbocycles. The van der Waals surface area contributed by atoms with Gasteiger partial charge >= 0.3 is 0 Å². The molecule has 0 bridgehead atoms. The summed E-state index contributed by atoms with van der Waals surface area (Å²) in [6.07, 6.45) is 0. The Morgan fingerprint density at radius 1 is 1.56 bits per heavy atom. The number of amides is 1. The Labute approximate surface area is 103 Å². The third kappa shape index (κ3) is 2.74. The summed E-state index contributed by atoms with van der Waals surface area (Å²) in [4.78, 5) is 21.2. The molecule has 0 fully saturated rings. The van der Waals surface area contributed by atoms with Gasteiger partial charge in [-0.2, -0.15) is 5.26 Å². The van der Waals surface area contributed by atoms with Gasteiger partial charge in [-0.05, 0) is 19.9 Å². The number of nitriles is 1. The number of carbonyl (C=O) groups is 1. The molecule has 0 aliphatic heterocycles. The van der Waals surface area contributed by atoms with Crippen LogP contribution >= 0.6 is 0 Å². The van der Waals surface area contributed by atoms with Crippen LogP contribution in [0.3, 0.4) is 0 Å². The van der Waals surface area contributed by atoms with Crippen molar-refractivity contribution in [3.05, 3.63) is 33.9 Å². The molecule has 94 valence electrons. The zero-order valence-electron chi connectivity index (χ0n) is 9.93. The predicted octanol–water partition coefficient (Wildman–Crippen LogP) is 1.14. The van der Waals surface area contributed by atoms with E-state index in [2.05, 4.69) is 5.32 Å². The molecule has 0 radical (unpaired) electrons. The second kappa shape index (κ2) is 4.71. The molecule has 0 heterocycles. The van der Waals surface area contributed by atoms with Gasteiger partial charge in [0.25, 0.3) is 5.69 Å². The lowest BCUT2D eigenvalue weighted by Crippen LogP contribution is -2.45. The fourth-order valence-corrected chi connectivity index (χ4v) is 1.25. The number of nitro benzene ring substituents is 1. The van der Waals surface area contributed by atoms with Crippen LogP contribution in [0.2, 0.25) is 0 Å². The van der Waals surface area contributed by atoms with Crippen LogP contribution < -0.4 is 11.1 Å². The Balaban J connectivity index is 3.16. The Hall–Kier alpha value is -2.62. The Morgan fingerprint density at radius 3 is 2.61 bits per heavy atom. The van der Waals surface area contributed by atoms with Crippen molar-refractivity contribution in [1.29, 1.82) is 5.26 Å². The molecule has 0 saturated carbocycles. The number of rotatable bonds is 4. The van der Waals surface area contributed by atoms with Crippen LogP contribution in [0.25, 0.3) is 0 Å². The first-order valence-electron chi connectivity index (χ1n) is 5.04. The first-order valence-corrected chi connectivity index (χ1v) is 5.04. The van der Waals surface area contributed by atoms with Crippen molar-refractivity contribution in [3.63, 3.8) is 0 Å². The monoisotopic (exact) mass is 248 g/mol. The number of primary amides is 1. The van der Waals surface area contributed by atoms with Crippen molar-refractivity contribution in [2.75, 3.05) is 5.32 Å². The number of non-ortho nitro benzene ring substituents is 1. The highest BCUT2D eigenvalue weighted by molar-refractivity contribution is 5.87. The molecule has 0 saturated heterocycles. The van der Waals surface area contributed by atoms with Gasteiger partial charge < -0.3 is 11.1 Å². The fraction of sp³-hybridized carbons (Fsp3) is 0.273. The zero-order chi connectivity index (χ0) is 13.9. The predicted molar refractivity (Wildman–Crippen MR) is 64.7 cm³/mol. The topological polar surface area (TPSA) is 122 Å². The molecule has 1 aromatic rings. The molecule has 3 N–H and O–H groups in total. The maximum atomic E-state index is 11.2. The van der Waals surface area contributed by atoms with E-state index in [1.165, 1.54) is 12.1 Å². The largest absolute Gasteiger partial charge is 0.371 e. The molecule has 0 spiro atoms. The first-order chi connectivity index (χ1) is 8.27. The lowest BCUT2D eigenvalue weighted by Gasteiger charge is -2.24. The third-order valence-electron chi connectivity index (χ3n) is 2.40. The fourth-order valence-electron chi connectivity index (χ4n) is 1.25. The highest BCUT2D eigenvalue weighted by Crippen LogP contribution is 2.24. The van der Waals surface area contributed by atoms with Crippen LogP contribution in [0.15, 0.2) is 18.2 Å². The highest BCUT2D eigenvalue weighted by Gasteiger charge is 2.25. The van der Waals surface area contributed by atoms with Crippen molar-refractivity contribution in [1.82, 2.24) is 0 Å². The minimum absolute atomic E-state index is 0.0820. The summed E-state index contributed by atoms with van der Waals surface area (Å²) in [7, 11) is 0. The molecule has 1 amide bonds. The number of carbonyl (C=O) groups excluding carboxylic acids is 1. The maximum Gasteiger partial charge on any atom is 0.270 e. The van der Waals surface area contributed by atoms with Gasteiger partial charge in [-0.1, -0.05) is 0 Å². The summed E-state index contributed by atoms with van der Waals surface area (Å²) in [5.74, 6) is -0.593. The van der Waals surface area contributed by atoms with Gasteiger partial charge in [0.2, 0.25) is 5.91 Å². The van der Waals surface area contributed by atoms with Gasteiger partial charge in [-0.25, -0.2) is 0 Å². The number of nitrogens with one attached hydrogen (secondary N) is 1. The van der Waals surface area contributed by atoms with Gasteiger partial charge in [-0.15, -0.1) is 0 Å². The first kappa shape index (κ1) is 13.4. The van der Waals surface area contributed by atoms with Crippen LogP contribution in [-0.2, 0) is 4.79 Å². The molecule has 1 aromatic carbocycles. The number of nitro groups is 1. The quantitative estimate of drug-likeness (QED) is 0.611. The maximum absolute atomic E-state index is 11.2. The minimum atomic E-state index is -1.05. The highest BCUT2D eigenvalue weighted by atomic mass is 16.6. The third-order valence-corrected chi connectivity index (χ3v) is 2.40. The van der Waals surface area contributed by atoms with E-state index in [4.69, 9.17) is 11.0 Å². The number of hydrogen-bond acceptors (Lipinski definition) is 5. The SMILES string of the molecule is CC(C)(Nc1ccc([N+](=O)[O-])cc1C#N)C(N)=O. The van der Waals surface area contributed by atoms with Crippen molar-refractivity contribution < 1.29 is 9.72 Å². The lowest BCUT2D eigenvalue weighted by atomic mass is 10.0. The number of benzene rings is 1. The average Bonchev–Trinajstić information content (AvgIpc) is 2.28. The molecule has 1 rings (SSSR count). The van der Waals surface area contributed by atoms with Crippen molar-refractivity contribution in [3.8, 4) is 6.07 Å². The summed E-state index contributed by atoms with van der Waals surface area (Å²) in [5, 5.41) is 22.3. The second-order valence-electron chi connectivity index (χ2n) is 4.21. The van der Waals surface area contributed by atoms with E-state index >= 15 is 0 Å². The lowest BCUT2D eigenvalue weighted by molar-refractivity contribution is -0.384. The summed E-state index contributed by atoms with van der Waals surface area (Å²) in [6, 6.07) is 5.60. The van der Waals surface area contributed by atoms with Crippen LogP contribution in [-0.4, -0.2) is 16.4 Å². The number of nitrogens with zero attached hydrogens (tertiary/aromatic N) is 2. The van der Waals surface area contributed by atoms with Crippen LogP contribution in [0, 0.1) is 21.4 Å². The van der Waals surface area contributed by atoms with Gasteiger partial charge in [0, 0.05) is 12.1 Å². The van der Waals surface area contributed by atoms with Crippen LogP contribution in [0.5, 0.6) is 0 Å². The zero-order valence-corrected chi connectivity index (χ0v) is 9.93. The van der Waals surface area contributed by atoms with Crippen molar-refractivity contribution in [2.45, 2.75) is 19.4 Å². The number of anilines is 1. The van der Waals surface area contributed by atoms with Crippen molar-refractivity contribution in [2.24, 2.45) is 5.73 Å². The van der Waals surface area contributed by atoms with E-state index in [0.29, 0.717) is 5.69 Å². The Morgan fingerprint density at radius 2 is 2.17 bits per heavy atom. The Bertz CT molecular complexity index is 546. The smallest absolute Gasteiger partial charge is 0.270 e. The van der Waals surface area contributed by atoms with E-state index < -0.39 is 16.4 Å². The van der Waals surface area contributed by atoms with E-state index in [-0.39, 0.29) is 11.3 Å². The number of nitrogens with two attached hydrogens (primary N) is 1. The molecular weight excluding hydrogens is 236 g/mol. The second-order valence-corrected chi connectivity index (χ2v) is 4.21. The van der Waals surface area contributed by atoms with Gasteiger partial charge in [0.15, 0.2) is 0 Å². The Kier molecular flexibility index (Phi) is 3.52. The summed E-state index contributed by atoms with van der Waals surface area (Å²) < 4.78 is 0. The minimum Gasteiger partial charge on any atom is -0.371 e. The molecule has 18 heavy (non-hydrogen) atoms. The molecule has 0 aliphatic rings. The van der Waals surface area contributed by atoms with E-state index in [9.17, 15) is 14.9 Å². The van der Waals surface area contributed by atoms with E-state index in [1.807, 2.05) is 6.07 Å². The molecular formula is C11H12N4O3. The summed E-state index contributed by atoms with van der Waals surface area (Å²) >= 11 is 0. The summed E-state index contributed by atoms with van der Waals surface area (Å²) in [5.41, 5.74) is 4.36. The standard InChI is InChI=1S/C11H12N4O3/c1-11(2,10(13)16)14-9-4-3-8(15(17)18)5-7(9)6-12/h3-5,14H,1-2H3,(H2,13,16). The van der Waals surface area contributed by atoms with Gasteiger partial charge in [-0.3, -0.25) is 14.9 Å². The van der Waals surface area contributed by atoms with E-state index in [0.717, 1.165) is 6.07 Å². The summed E-state index contributed by atoms with van der Waals surface area (Å²) in [6.45, 7) is 3.11. The van der Waals surface area contributed by atoms with E-state index in [1.54, 1.807) is 13.8 Å². The molecule has 7 nitrogen and oxygen atoms in total. The van der Waals surface area contributed by atoms with Crippen LogP contribution in [0.1, 0.15) is 19.4 Å². The van der Waals surface area contributed by atoms with Gasteiger partial charge in [0.1, 0.15) is 11.6 Å². The van der Waals surface area contributed by atoms with Crippen molar-refractivity contribution >= 4 is 17.3 Å². The van der Waals surface area contributed by atoms with Gasteiger partial charge in [0.05, 0.1) is 16.2 Å². The van der Waals surface area contributed by atoms with Crippen LogP contribution in [0.4, 0.5) is 11.4 Å². The molecule has 0 unspecified atom stereocenters. The molecule has 0 atom stereocenters. The number of hydrogen-bond donors (Lipinski definition) is 2. The molecule has 7 heteroatoms. The average molecular weight is 248 g/mol.